The number of likely N-dealkylation sites (N-methyl/N-ethyl adjacent to an activating group) is 1. The van der Waals surface area contributed by atoms with Gasteiger partial charge in [-0.3, -0.25) is 9.78 Å². The molecule has 0 fully saturated rings. The van der Waals surface area contributed by atoms with Crippen molar-refractivity contribution in [1.29, 1.82) is 0 Å². The van der Waals surface area contributed by atoms with Crippen molar-refractivity contribution in [3.8, 4) is 0 Å². The van der Waals surface area contributed by atoms with E-state index in [9.17, 15) is 4.79 Å². The molecule has 2 heterocycles. The fourth-order valence-corrected chi connectivity index (χ4v) is 2.78. The summed E-state index contributed by atoms with van der Waals surface area (Å²) in [6.07, 6.45) is 4.65. The number of carbonyl (C=O) groups is 1. The molecular formula is C16H18N4O. The van der Waals surface area contributed by atoms with Gasteiger partial charge in [-0.05, 0) is 18.6 Å². The van der Waals surface area contributed by atoms with Crippen LogP contribution < -0.4 is 4.90 Å². The van der Waals surface area contributed by atoms with Crippen LogP contribution in [0.5, 0.6) is 0 Å². The van der Waals surface area contributed by atoms with Crippen LogP contribution in [0.25, 0.3) is 0 Å². The molecule has 1 aromatic carbocycles. The number of carbonyl (C=O) groups excluding carboxylic acids is 1. The van der Waals surface area contributed by atoms with Crippen LogP contribution in [0.1, 0.15) is 23.0 Å². The van der Waals surface area contributed by atoms with Crippen LogP contribution in [-0.2, 0) is 6.54 Å². The van der Waals surface area contributed by atoms with Gasteiger partial charge in [0.2, 0.25) is 0 Å². The number of hydrogen-bond acceptors (Lipinski definition) is 4. The van der Waals surface area contributed by atoms with Crippen molar-refractivity contribution >= 4 is 11.6 Å². The second kappa shape index (κ2) is 5.52. The molecule has 2 aromatic rings. The molecule has 1 unspecified atom stereocenters. The maximum absolute atomic E-state index is 12.7. The molecule has 0 radical (unpaired) electrons. The van der Waals surface area contributed by atoms with Crippen molar-refractivity contribution < 1.29 is 4.79 Å². The third kappa shape index (κ3) is 2.59. The molecule has 0 spiro atoms. The first-order valence-electron chi connectivity index (χ1n) is 7.03. The summed E-state index contributed by atoms with van der Waals surface area (Å²) >= 11 is 0. The Hall–Kier alpha value is -2.43. The SMILES string of the molecule is CC1CN(C)c2ccccc2CN1C(=O)c1cnccn1. The summed E-state index contributed by atoms with van der Waals surface area (Å²) < 4.78 is 0. The molecule has 0 saturated heterocycles. The molecule has 5 nitrogen and oxygen atoms in total. The summed E-state index contributed by atoms with van der Waals surface area (Å²) in [6.45, 7) is 3.46. The molecule has 1 aliphatic heterocycles. The van der Waals surface area contributed by atoms with Crippen LogP contribution in [-0.4, -0.2) is 40.4 Å². The van der Waals surface area contributed by atoms with E-state index in [4.69, 9.17) is 0 Å². The van der Waals surface area contributed by atoms with E-state index in [1.807, 2.05) is 17.0 Å². The van der Waals surface area contributed by atoms with E-state index in [1.54, 1.807) is 12.4 Å². The first-order chi connectivity index (χ1) is 10.2. The fraction of sp³-hybridized carbons (Fsp3) is 0.312. The average molecular weight is 282 g/mol. The van der Waals surface area contributed by atoms with E-state index >= 15 is 0 Å². The number of para-hydroxylation sites is 1. The molecule has 0 bridgehead atoms. The minimum absolute atomic E-state index is 0.0688. The first-order valence-corrected chi connectivity index (χ1v) is 7.03. The standard InChI is InChI=1S/C16H18N4O/c1-12-10-19(2)15-6-4-3-5-13(15)11-20(12)16(21)14-9-17-7-8-18-14/h3-9,12H,10-11H2,1-2H3. The minimum atomic E-state index is -0.0688. The zero-order valence-electron chi connectivity index (χ0n) is 12.2. The highest BCUT2D eigenvalue weighted by atomic mass is 16.2. The lowest BCUT2D eigenvalue weighted by Gasteiger charge is -2.28. The second-order valence-electron chi connectivity index (χ2n) is 5.38. The summed E-state index contributed by atoms with van der Waals surface area (Å²) in [7, 11) is 2.06. The van der Waals surface area contributed by atoms with Crippen molar-refractivity contribution in [3.05, 3.63) is 54.1 Å². The third-order valence-corrected chi connectivity index (χ3v) is 3.86. The highest BCUT2D eigenvalue weighted by molar-refractivity contribution is 5.92. The predicted octanol–water partition coefficient (Wildman–Crippen LogP) is 1.96. The Balaban J connectivity index is 1.95. The highest BCUT2D eigenvalue weighted by Gasteiger charge is 2.28. The van der Waals surface area contributed by atoms with Crippen LogP contribution >= 0.6 is 0 Å². The van der Waals surface area contributed by atoms with Gasteiger partial charge in [0.15, 0.2) is 0 Å². The molecule has 1 aromatic heterocycles. The Morgan fingerprint density at radius 2 is 2.10 bits per heavy atom. The van der Waals surface area contributed by atoms with E-state index in [2.05, 4.69) is 41.0 Å². The van der Waals surface area contributed by atoms with Gasteiger partial charge in [0, 0.05) is 44.3 Å². The summed E-state index contributed by atoms with van der Waals surface area (Å²) in [4.78, 5) is 24.9. The largest absolute Gasteiger partial charge is 0.372 e. The van der Waals surface area contributed by atoms with Gasteiger partial charge in [-0.15, -0.1) is 0 Å². The van der Waals surface area contributed by atoms with Crippen molar-refractivity contribution in [2.45, 2.75) is 19.5 Å². The minimum Gasteiger partial charge on any atom is -0.372 e. The fourth-order valence-electron chi connectivity index (χ4n) is 2.78. The van der Waals surface area contributed by atoms with Gasteiger partial charge in [0.25, 0.3) is 5.91 Å². The molecular weight excluding hydrogens is 264 g/mol. The number of benzene rings is 1. The summed E-state index contributed by atoms with van der Waals surface area (Å²) in [5.74, 6) is -0.0688. The molecule has 0 saturated carbocycles. The zero-order chi connectivity index (χ0) is 14.8. The van der Waals surface area contributed by atoms with E-state index in [0.717, 1.165) is 12.1 Å². The van der Waals surface area contributed by atoms with Crippen LogP contribution in [0.4, 0.5) is 5.69 Å². The average Bonchev–Trinajstić information content (AvgIpc) is 2.64. The monoisotopic (exact) mass is 282 g/mol. The van der Waals surface area contributed by atoms with Gasteiger partial charge >= 0.3 is 0 Å². The zero-order valence-corrected chi connectivity index (χ0v) is 12.2. The third-order valence-electron chi connectivity index (χ3n) is 3.86. The van der Waals surface area contributed by atoms with E-state index < -0.39 is 0 Å². The Labute approximate surface area is 124 Å². The number of nitrogens with zero attached hydrogens (tertiary/aromatic N) is 4. The van der Waals surface area contributed by atoms with Crippen molar-refractivity contribution in [1.82, 2.24) is 14.9 Å². The molecule has 21 heavy (non-hydrogen) atoms. The topological polar surface area (TPSA) is 49.3 Å². The van der Waals surface area contributed by atoms with Crippen LogP contribution in [0.2, 0.25) is 0 Å². The number of anilines is 1. The van der Waals surface area contributed by atoms with Gasteiger partial charge in [0.05, 0.1) is 6.20 Å². The lowest BCUT2D eigenvalue weighted by molar-refractivity contribution is 0.0680. The van der Waals surface area contributed by atoms with Crippen LogP contribution in [0.15, 0.2) is 42.9 Å². The summed E-state index contributed by atoms with van der Waals surface area (Å²) in [6, 6.07) is 8.31. The maximum Gasteiger partial charge on any atom is 0.274 e. The Morgan fingerprint density at radius 3 is 2.86 bits per heavy atom. The van der Waals surface area contributed by atoms with Gasteiger partial charge < -0.3 is 9.80 Å². The van der Waals surface area contributed by atoms with Crippen molar-refractivity contribution in [2.24, 2.45) is 0 Å². The first kappa shape index (κ1) is 13.5. The highest BCUT2D eigenvalue weighted by Crippen LogP contribution is 2.26. The molecule has 0 aliphatic carbocycles. The lowest BCUT2D eigenvalue weighted by atomic mass is 10.1. The number of amides is 1. The van der Waals surface area contributed by atoms with Crippen molar-refractivity contribution in [2.75, 3.05) is 18.5 Å². The molecule has 5 heteroatoms. The van der Waals surface area contributed by atoms with Gasteiger partial charge in [-0.2, -0.15) is 0 Å². The quantitative estimate of drug-likeness (QED) is 0.802. The molecule has 0 N–H and O–H groups in total. The van der Waals surface area contributed by atoms with E-state index in [0.29, 0.717) is 12.2 Å². The Morgan fingerprint density at radius 1 is 1.29 bits per heavy atom. The lowest BCUT2D eigenvalue weighted by Crippen LogP contribution is -2.42. The molecule has 3 rings (SSSR count). The Kier molecular flexibility index (Phi) is 3.56. The molecule has 108 valence electrons. The number of hydrogen-bond donors (Lipinski definition) is 0. The van der Waals surface area contributed by atoms with Gasteiger partial charge in [-0.1, -0.05) is 18.2 Å². The van der Waals surface area contributed by atoms with Crippen LogP contribution in [0.3, 0.4) is 0 Å². The smallest absolute Gasteiger partial charge is 0.274 e. The predicted molar refractivity (Wildman–Crippen MR) is 81.1 cm³/mol. The maximum atomic E-state index is 12.7. The van der Waals surface area contributed by atoms with E-state index in [1.165, 1.54) is 11.9 Å². The Bertz CT molecular complexity index is 644. The second-order valence-corrected chi connectivity index (χ2v) is 5.38. The van der Waals surface area contributed by atoms with Gasteiger partial charge in [0.1, 0.15) is 5.69 Å². The molecule has 1 amide bonds. The number of fused-ring (bicyclic) bond motifs is 1. The normalized spacial score (nSPS) is 18.1. The van der Waals surface area contributed by atoms with Crippen molar-refractivity contribution in [3.63, 3.8) is 0 Å². The molecule has 1 aliphatic rings. The summed E-state index contributed by atoms with van der Waals surface area (Å²) in [5.41, 5.74) is 2.73. The van der Waals surface area contributed by atoms with E-state index in [-0.39, 0.29) is 11.9 Å². The summed E-state index contributed by atoms with van der Waals surface area (Å²) in [5, 5.41) is 0. The number of aromatic nitrogens is 2. The van der Waals surface area contributed by atoms with Crippen LogP contribution in [0, 0.1) is 0 Å². The number of rotatable bonds is 1. The van der Waals surface area contributed by atoms with Gasteiger partial charge in [-0.25, -0.2) is 4.98 Å². The molecule has 1 atom stereocenters.